The largest absolute Gasteiger partial charge is 0.460 e. The van der Waals surface area contributed by atoms with Gasteiger partial charge in [0.25, 0.3) is 0 Å². The van der Waals surface area contributed by atoms with Crippen LogP contribution in [0.25, 0.3) is 0 Å². The first-order valence-electron chi connectivity index (χ1n) is 10.2. The van der Waals surface area contributed by atoms with E-state index in [9.17, 15) is 4.79 Å². The molecule has 0 spiro atoms. The van der Waals surface area contributed by atoms with E-state index in [2.05, 4.69) is 19.1 Å². The average Bonchev–Trinajstić information content (AvgIpc) is 2.62. The number of hydrogen-bond donors (Lipinski definition) is 0. The van der Waals surface area contributed by atoms with E-state index >= 15 is 0 Å². The number of esters is 1. The lowest BCUT2D eigenvalue weighted by Crippen LogP contribution is -2.21. The van der Waals surface area contributed by atoms with Crippen molar-refractivity contribution in [2.75, 3.05) is 11.8 Å². The van der Waals surface area contributed by atoms with E-state index < -0.39 is 0 Å². The Hall–Kier alpha value is -0.210. The molecular formula is C21H38Cl2O2. The quantitative estimate of drug-likeness (QED) is 0.105. The third-order valence-corrected chi connectivity index (χ3v) is 4.97. The first-order chi connectivity index (χ1) is 12.2. The number of alkyl halides is 2. The summed E-state index contributed by atoms with van der Waals surface area (Å²) < 4.78 is 5.16. The lowest BCUT2D eigenvalue weighted by molar-refractivity contribution is -0.147. The predicted molar refractivity (Wildman–Crippen MR) is 111 cm³/mol. The Morgan fingerprint density at radius 3 is 1.80 bits per heavy atom. The fraction of sp³-hybridized carbons (Fsp3) is 0.857. The van der Waals surface area contributed by atoms with Gasteiger partial charge in [-0.05, 0) is 32.1 Å². The van der Waals surface area contributed by atoms with E-state index in [1.54, 1.807) is 0 Å². The molecule has 0 aromatic heterocycles. The molecule has 0 fully saturated rings. The summed E-state index contributed by atoms with van der Waals surface area (Å²) in [6.07, 6.45) is 21.1. The van der Waals surface area contributed by atoms with Crippen LogP contribution in [0.4, 0.5) is 0 Å². The Labute approximate surface area is 165 Å². The lowest BCUT2D eigenvalue weighted by Gasteiger charge is -2.11. The van der Waals surface area contributed by atoms with Crippen molar-refractivity contribution in [3.8, 4) is 0 Å². The number of unbranched alkanes of at least 4 members (excludes halogenated alkanes) is 11. The van der Waals surface area contributed by atoms with Crippen molar-refractivity contribution < 1.29 is 9.53 Å². The molecule has 0 heterocycles. The van der Waals surface area contributed by atoms with Crippen LogP contribution in [0, 0.1) is 0 Å². The summed E-state index contributed by atoms with van der Waals surface area (Å²) in [5.74, 6) is 0.363. The van der Waals surface area contributed by atoms with Gasteiger partial charge in [-0.1, -0.05) is 70.4 Å². The van der Waals surface area contributed by atoms with Crippen LogP contribution in [-0.4, -0.2) is 23.8 Å². The highest BCUT2D eigenvalue weighted by Gasteiger charge is 2.11. The number of rotatable bonds is 18. The van der Waals surface area contributed by atoms with E-state index in [0.29, 0.717) is 6.42 Å². The van der Waals surface area contributed by atoms with E-state index in [0.717, 1.165) is 12.8 Å². The normalized spacial score (nSPS) is 11.5. The first-order valence-corrected chi connectivity index (χ1v) is 11.3. The van der Waals surface area contributed by atoms with Gasteiger partial charge in [0.2, 0.25) is 0 Å². The molecule has 0 aliphatic heterocycles. The minimum absolute atomic E-state index is 0.172. The highest BCUT2D eigenvalue weighted by Crippen LogP contribution is 2.12. The van der Waals surface area contributed by atoms with Crippen LogP contribution in [0.1, 0.15) is 96.8 Å². The monoisotopic (exact) mass is 392 g/mol. The van der Waals surface area contributed by atoms with Gasteiger partial charge >= 0.3 is 5.97 Å². The number of hydrogen-bond acceptors (Lipinski definition) is 2. The van der Waals surface area contributed by atoms with Gasteiger partial charge in [-0.3, -0.25) is 4.79 Å². The van der Waals surface area contributed by atoms with E-state index in [1.807, 2.05) is 0 Å². The molecule has 0 bridgehead atoms. The third kappa shape index (κ3) is 18.4. The van der Waals surface area contributed by atoms with Gasteiger partial charge in [0.15, 0.2) is 0 Å². The first kappa shape index (κ1) is 24.8. The summed E-state index contributed by atoms with van der Waals surface area (Å²) in [5.41, 5.74) is 0. The van der Waals surface area contributed by atoms with Gasteiger partial charge in [0.05, 0.1) is 11.8 Å². The van der Waals surface area contributed by atoms with Crippen molar-refractivity contribution in [2.45, 2.75) is 103 Å². The number of allylic oxidation sites excluding steroid dienone is 2. The second-order valence-electron chi connectivity index (χ2n) is 6.75. The molecule has 0 radical (unpaired) electrons. The zero-order valence-corrected chi connectivity index (χ0v) is 17.6. The van der Waals surface area contributed by atoms with Crippen LogP contribution in [0.3, 0.4) is 0 Å². The number of carbonyl (C=O) groups is 1. The molecule has 25 heavy (non-hydrogen) atoms. The Kier molecular flexibility index (Phi) is 19.9. The van der Waals surface area contributed by atoms with Gasteiger partial charge in [0, 0.05) is 6.42 Å². The Morgan fingerprint density at radius 2 is 1.28 bits per heavy atom. The topological polar surface area (TPSA) is 26.3 Å². The van der Waals surface area contributed by atoms with Gasteiger partial charge < -0.3 is 4.74 Å². The molecule has 0 saturated carbocycles. The second-order valence-corrected chi connectivity index (χ2v) is 7.37. The minimum atomic E-state index is -0.345. The number of halogens is 2. The zero-order valence-electron chi connectivity index (χ0n) is 16.1. The van der Waals surface area contributed by atoms with Crippen molar-refractivity contribution in [3.63, 3.8) is 0 Å². The van der Waals surface area contributed by atoms with Crippen LogP contribution in [-0.2, 0) is 9.53 Å². The molecule has 0 N–H and O–H groups in total. The van der Waals surface area contributed by atoms with Crippen molar-refractivity contribution in [2.24, 2.45) is 0 Å². The Morgan fingerprint density at radius 1 is 0.800 bits per heavy atom. The molecule has 0 amide bonds. The van der Waals surface area contributed by atoms with Crippen LogP contribution in [0.5, 0.6) is 0 Å². The average molecular weight is 393 g/mol. The predicted octanol–water partition coefficient (Wildman–Crippen LogP) is 7.41. The molecule has 0 aliphatic carbocycles. The van der Waals surface area contributed by atoms with Crippen molar-refractivity contribution in [3.05, 3.63) is 12.2 Å². The summed E-state index contributed by atoms with van der Waals surface area (Å²) in [4.78, 5) is 11.6. The van der Waals surface area contributed by atoms with Crippen LogP contribution < -0.4 is 0 Å². The van der Waals surface area contributed by atoms with Gasteiger partial charge in [0.1, 0.15) is 6.10 Å². The molecular weight excluding hydrogens is 355 g/mol. The van der Waals surface area contributed by atoms with Gasteiger partial charge in [-0.15, -0.1) is 23.2 Å². The summed E-state index contributed by atoms with van der Waals surface area (Å²) >= 11 is 11.3. The maximum absolute atomic E-state index is 11.6. The van der Waals surface area contributed by atoms with Crippen molar-refractivity contribution in [1.29, 1.82) is 0 Å². The smallest absolute Gasteiger partial charge is 0.306 e. The molecule has 4 heteroatoms. The molecule has 0 unspecified atom stereocenters. The number of carbonyl (C=O) groups excluding carboxylic acids is 1. The maximum Gasteiger partial charge on any atom is 0.306 e. The van der Waals surface area contributed by atoms with Crippen LogP contribution in [0.2, 0.25) is 0 Å². The Balaban J connectivity index is 3.25. The minimum Gasteiger partial charge on any atom is -0.460 e. The Bertz CT molecular complexity index is 315. The second kappa shape index (κ2) is 20.1. The summed E-state index contributed by atoms with van der Waals surface area (Å²) in [6, 6.07) is 0. The molecule has 148 valence electrons. The standard InChI is InChI=1S/C21H38Cl2O2/c1-2-3-4-5-6-7-8-9-10-11-12-13-14-15-16-17-21(24)25-20(18-22)19-23/h6-7,20H,2-5,8-19H2,1H3/b7-6+. The summed E-state index contributed by atoms with van der Waals surface area (Å²) in [5, 5.41) is 0. The van der Waals surface area contributed by atoms with Gasteiger partial charge in [-0.25, -0.2) is 0 Å². The highest BCUT2D eigenvalue weighted by molar-refractivity contribution is 6.21. The molecule has 0 aliphatic rings. The highest BCUT2D eigenvalue weighted by atomic mass is 35.5. The molecule has 0 saturated heterocycles. The molecule has 0 aromatic carbocycles. The van der Waals surface area contributed by atoms with Crippen molar-refractivity contribution >= 4 is 29.2 Å². The lowest BCUT2D eigenvalue weighted by atomic mass is 10.1. The zero-order chi connectivity index (χ0) is 18.6. The third-order valence-electron chi connectivity index (χ3n) is 4.29. The summed E-state index contributed by atoms with van der Waals surface area (Å²) in [7, 11) is 0. The van der Waals surface area contributed by atoms with E-state index in [4.69, 9.17) is 27.9 Å². The van der Waals surface area contributed by atoms with E-state index in [1.165, 1.54) is 70.6 Å². The maximum atomic E-state index is 11.6. The summed E-state index contributed by atoms with van der Waals surface area (Å²) in [6.45, 7) is 2.25. The van der Waals surface area contributed by atoms with Crippen molar-refractivity contribution in [1.82, 2.24) is 0 Å². The number of ether oxygens (including phenoxy) is 1. The SMILES string of the molecule is CCCCC/C=C/CCCCCCCCCCC(=O)OC(CCl)CCl. The fourth-order valence-corrected chi connectivity index (χ4v) is 3.15. The molecule has 0 rings (SSSR count). The van der Waals surface area contributed by atoms with Gasteiger partial charge in [-0.2, -0.15) is 0 Å². The van der Waals surface area contributed by atoms with Crippen LogP contribution >= 0.6 is 23.2 Å². The van der Waals surface area contributed by atoms with Crippen LogP contribution in [0.15, 0.2) is 12.2 Å². The molecule has 2 nitrogen and oxygen atoms in total. The van der Waals surface area contributed by atoms with E-state index in [-0.39, 0.29) is 23.8 Å². The molecule has 0 atom stereocenters. The fourth-order valence-electron chi connectivity index (χ4n) is 2.69. The molecule has 0 aromatic rings.